The first-order valence-electron chi connectivity index (χ1n) is 33.4. The molecule has 0 aliphatic carbocycles. The quantitative estimate of drug-likeness (QED) is 0.0320. The molecule has 0 aromatic heterocycles. The molecule has 0 aliphatic heterocycles. The maximum atomic E-state index is 12.5. The van der Waals surface area contributed by atoms with Gasteiger partial charge in [0.05, 0.1) is 25.4 Å². The molecule has 434 valence electrons. The third-order valence-electron chi connectivity index (χ3n) is 15.8. The molecule has 3 N–H and O–H groups in total. The van der Waals surface area contributed by atoms with Crippen molar-refractivity contribution in [2.24, 2.45) is 0 Å². The normalized spacial score (nSPS) is 12.5. The number of carbonyl (C=O) groups is 2. The Hall–Kier alpha value is -1.40. The molecule has 0 saturated carbocycles. The van der Waals surface area contributed by atoms with E-state index >= 15 is 0 Å². The highest BCUT2D eigenvalue weighted by Crippen LogP contribution is 2.18. The van der Waals surface area contributed by atoms with Gasteiger partial charge in [0, 0.05) is 12.8 Å². The summed E-state index contributed by atoms with van der Waals surface area (Å²) in [4.78, 5) is 24.6. The summed E-state index contributed by atoms with van der Waals surface area (Å²) in [5, 5.41) is 23.3. The predicted molar refractivity (Wildman–Crippen MR) is 320 cm³/mol. The molecule has 0 bridgehead atoms. The Morgan fingerprint density at radius 3 is 0.973 bits per heavy atom. The van der Waals surface area contributed by atoms with Crippen LogP contribution in [-0.2, 0) is 14.3 Å². The lowest BCUT2D eigenvalue weighted by Crippen LogP contribution is -2.45. The van der Waals surface area contributed by atoms with E-state index in [1.165, 1.54) is 308 Å². The molecule has 6 nitrogen and oxygen atoms in total. The lowest BCUT2D eigenvalue weighted by atomic mass is 10.0. The summed E-state index contributed by atoms with van der Waals surface area (Å²) in [6.45, 7) is 4.98. The van der Waals surface area contributed by atoms with E-state index in [1.807, 2.05) is 0 Å². The molecular formula is C67H131NO5. The van der Waals surface area contributed by atoms with Crippen LogP contribution in [0.1, 0.15) is 380 Å². The zero-order valence-electron chi connectivity index (χ0n) is 49.6. The second-order valence-corrected chi connectivity index (χ2v) is 23.2. The van der Waals surface area contributed by atoms with Gasteiger partial charge >= 0.3 is 5.97 Å². The lowest BCUT2D eigenvalue weighted by Gasteiger charge is -2.22. The van der Waals surface area contributed by atoms with Gasteiger partial charge in [0.25, 0.3) is 0 Å². The van der Waals surface area contributed by atoms with Crippen LogP contribution in [-0.4, -0.2) is 47.4 Å². The average molecular weight is 1030 g/mol. The van der Waals surface area contributed by atoms with Crippen molar-refractivity contribution in [2.75, 3.05) is 13.2 Å². The van der Waals surface area contributed by atoms with E-state index in [4.69, 9.17) is 4.74 Å². The van der Waals surface area contributed by atoms with Crippen LogP contribution in [0.5, 0.6) is 0 Å². The molecule has 2 unspecified atom stereocenters. The molecule has 0 spiro atoms. The largest absolute Gasteiger partial charge is 0.466 e. The fourth-order valence-electron chi connectivity index (χ4n) is 10.7. The van der Waals surface area contributed by atoms with Crippen molar-refractivity contribution in [1.82, 2.24) is 5.32 Å². The molecule has 0 aromatic rings. The maximum Gasteiger partial charge on any atom is 0.305 e. The molecule has 0 aromatic carbocycles. The van der Waals surface area contributed by atoms with Crippen molar-refractivity contribution in [2.45, 2.75) is 392 Å². The van der Waals surface area contributed by atoms with Crippen LogP contribution in [0.2, 0.25) is 0 Å². The van der Waals surface area contributed by atoms with Crippen LogP contribution in [0.25, 0.3) is 0 Å². The zero-order chi connectivity index (χ0) is 52.9. The molecule has 0 heterocycles. The molecular weight excluding hydrogens is 899 g/mol. The number of hydrogen-bond donors (Lipinski definition) is 3. The van der Waals surface area contributed by atoms with Gasteiger partial charge in [0.15, 0.2) is 0 Å². The van der Waals surface area contributed by atoms with Gasteiger partial charge in [-0.25, -0.2) is 0 Å². The van der Waals surface area contributed by atoms with E-state index in [0.29, 0.717) is 25.9 Å². The summed E-state index contributed by atoms with van der Waals surface area (Å²) >= 11 is 0. The minimum absolute atomic E-state index is 0.0191. The molecule has 73 heavy (non-hydrogen) atoms. The van der Waals surface area contributed by atoms with Crippen molar-refractivity contribution in [3.05, 3.63) is 12.2 Å². The first-order valence-corrected chi connectivity index (χ1v) is 33.4. The third kappa shape index (κ3) is 59.7. The number of unbranched alkanes of at least 4 members (excludes halogenated alkanes) is 50. The molecule has 0 fully saturated rings. The number of aliphatic hydroxyl groups is 2. The summed E-state index contributed by atoms with van der Waals surface area (Å²) in [5.41, 5.74) is 0. The SMILES string of the molecule is CCCCCCCCCCCCCCCCCCCC(=O)OCCCCCCCCCCCCCC/C=C\CCCCCCCCCCCCC(=O)NC(CO)C(O)CCCCCCCCCCCCCCC. The average Bonchev–Trinajstić information content (AvgIpc) is 3.39. The lowest BCUT2D eigenvalue weighted by molar-refractivity contribution is -0.143. The van der Waals surface area contributed by atoms with Gasteiger partial charge in [-0.15, -0.1) is 0 Å². The van der Waals surface area contributed by atoms with E-state index in [-0.39, 0.29) is 18.5 Å². The second kappa shape index (κ2) is 63.1. The van der Waals surface area contributed by atoms with Gasteiger partial charge in [-0.1, -0.05) is 328 Å². The Kier molecular flexibility index (Phi) is 61.9. The summed E-state index contributed by atoms with van der Waals surface area (Å²) < 4.78 is 5.50. The third-order valence-corrected chi connectivity index (χ3v) is 15.8. The van der Waals surface area contributed by atoms with Crippen molar-refractivity contribution < 1.29 is 24.5 Å². The van der Waals surface area contributed by atoms with Gasteiger partial charge in [-0.05, 0) is 51.4 Å². The highest BCUT2D eigenvalue weighted by molar-refractivity contribution is 5.76. The summed E-state index contributed by atoms with van der Waals surface area (Å²) in [6.07, 6.45) is 76.7. The Morgan fingerprint density at radius 2 is 0.644 bits per heavy atom. The number of allylic oxidation sites excluding steroid dienone is 2. The summed E-state index contributed by atoms with van der Waals surface area (Å²) in [6, 6.07) is -0.541. The first-order chi connectivity index (χ1) is 36.0. The highest BCUT2D eigenvalue weighted by atomic mass is 16.5. The first kappa shape index (κ1) is 71.6. The van der Waals surface area contributed by atoms with Gasteiger partial charge in [0.1, 0.15) is 0 Å². The Balaban J connectivity index is 3.35. The summed E-state index contributed by atoms with van der Waals surface area (Å²) in [5.74, 6) is -0.0157. The van der Waals surface area contributed by atoms with E-state index < -0.39 is 12.1 Å². The van der Waals surface area contributed by atoms with Crippen LogP contribution in [0, 0.1) is 0 Å². The fourth-order valence-corrected chi connectivity index (χ4v) is 10.7. The number of rotatable bonds is 63. The molecule has 0 rings (SSSR count). The smallest absolute Gasteiger partial charge is 0.305 e. The molecule has 0 saturated heterocycles. The van der Waals surface area contributed by atoms with Crippen molar-refractivity contribution in [1.29, 1.82) is 0 Å². The molecule has 6 heteroatoms. The standard InChI is InChI=1S/C67H131NO5/c1-3-5-7-9-11-13-15-17-18-29-33-37-41-45-49-53-57-61-67(72)73-62-58-54-50-46-42-38-34-31-28-26-24-22-20-19-21-23-25-27-30-32-36-40-44-48-52-56-60-66(71)68-64(63-69)65(70)59-55-51-47-43-39-35-16-14-12-10-8-6-4-2/h19,21,64-65,69-70H,3-18,20,22-63H2,1-2H3,(H,68,71)/b21-19-. The molecule has 2 atom stereocenters. The summed E-state index contributed by atoms with van der Waals surface area (Å²) in [7, 11) is 0. The monoisotopic (exact) mass is 1030 g/mol. The fraction of sp³-hybridized carbons (Fsp3) is 0.940. The highest BCUT2D eigenvalue weighted by Gasteiger charge is 2.20. The number of esters is 1. The number of carbonyl (C=O) groups excluding carboxylic acids is 2. The van der Waals surface area contributed by atoms with Crippen LogP contribution in [0.3, 0.4) is 0 Å². The zero-order valence-corrected chi connectivity index (χ0v) is 49.6. The maximum absolute atomic E-state index is 12.5. The van der Waals surface area contributed by atoms with Crippen LogP contribution in [0.4, 0.5) is 0 Å². The number of aliphatic hydroxyl groups excluding tert-OH is 2. The van der Waals surface area contributed by atoms with Gasteiger partial charge < -0.3 is 20.3 Å². The number of hydrogen-bond acceptors (Lipinski definition) is 5. The van der Waals surface area contributed by atoms with Gasteiger partial charge in [0.2, 0.25) is 5.91 Å². The predicted octanol–water partition coefficient (Wildman–Crippen LogP) is 21.2. The van der Waals surface area contributed by atoms with Crippen molar-refractivity contribution in [3.63, 3.8) is 0 Å². The van der Waals surface area contributed by atoms with E-state index in [9.17, 15) is 19.8 Å². The van der Waals surface area contributed by atoms with Gasteiger partial charge in [-0.3, -0.25) is 9.59 Å². The van der Waals surface area contributed by atoms with E-state index in [0.717, 1.165) is 38.5 Å². The van der Waals surface area contributed by atoms with Crippen molar-refractivity contribution in [3.8, 4) is 0 Å². The van der Waals surface area contributed by atoms with Crippen LogP contribution < -0.4 is 5.32 Å². The van der Waals surface area contributed by atoms with E-state index in [2.05, 4.69) is 31.3 Å². The second-order valence-electron chi connectivity index (χ2n) is 23.2. The molecule has 1 amide bonds. The Bertz CT molecular complexity index is 1100. The molecule has 0 radical (unpaired) electrons. The van der Waals surface area contributed by atoms with Gasteiger partial charge in [-0.2, -0.15) is 0 Å². The number of amides is 1. The van der Waals surface area contributed by atoms with Crippen LogP contribution in [0.15, 0.2) is 12.2 Å². The number of ether oxygens (including phenoxy) is 1. The minimum atomic E-state index is -0.664. The van der Waals surface area contributed by atoms with Crippen molar-refractivity contribution >= 4 is 11.9 Å². The number of nitrogens with one attached hydrogen (secondary N) is 1. The minimum Gasteiger partial charge on any atom is -0.466 e. The van der Waals surface area contributed by atoms with E-state index in [1.54, 1.807) is 0 Å². The topological polar surface area (TPSA) is 95.9 Å². The van der Waals surface area contributed by atoms with Crippen LogP contribution >= 0.6 is 0 Å². The Labute approximate surface area is 457 Å². The Morgan fingerprint density at radius 1 is 0.370 bits per heavy atom. The molecule has 0 aliphatic rings.